The second-order valence-corrected chi connectivity index (χ2v) is 7.23. The maximum atomic E-state index is 12.2. The molecule has 2 aromatic rings. The third-order valence-corrected chi connectivity index (χ3v) is 5.11. The first-order valence-corrected chi connectivity index (χ1v) is 8.73. The predicted molar refractivity (Wildman–Crippen MR) is 89.8 cm³/mol. The second-order valence-electron chi connectivity index (χ2n) is 5.47. The van der Waals surface area contributed by atoms with E-state index >= 15 is 0 Å². The van der Waals surface area contributed by atoms with E-state index in [1.807, 2.05) is 26.0 Å². The summed E-state index contributed by atoms with van der Waals surface area (Å²) in [6.07, 6.45) is 0.616. The number of carbonyl (C=O) groups excluding carboxylic acids is 1. The molecule has 3 N–H and O–H groups in total. The third kappa shape index (κ3) is 4.40. The summed E-state index contributed by atoms with van der Waals surface area (Å²) < 4.78 is 27.0. The molecule has 5 nitrogen and oxygen atoms in total. The molecule has 122 valence electrons. The smallest absolute Gasteiger partial charge is 0.248 e. The molecular formula is C17H20N2O3S. The lowest BCUT2D eigenvalue weighted by molar-refractivity contribution is 0.1000. The molecule has 1 amide bonds. The first-order valence-electron chi connectivity index (χ1n) is 7.25. The molecule has 2 aromatic carbocycles. The summed E-state index contributed by atoms with van der Waals surface area (Å²) in [6.45, 7) is 4.35. The monoisotopic (exact) mass is 332 g/mol. The zero-order chi connectivity index (χ0) is 17.0. The van der Waals surface area contributed by atoms with Crippen molar-refractivity contribution in [1.29, 1.82) is 0 Å². The fraction of sp³-hybridized carbons (Fsp3) is 0.235. The lowest BCUT2D eigenvalue weighted by Crippen LogP contribution is -2.26. The zero-order valence-electron chi connectivity index (χ0n) is 13.2. The number of sulfonamides is 1. The first-order chi connectivity index (χ1) is 10.8. The number of benzene rings is 2. The van der Waals surface area contributed by atoms with E-state index in [0.717, 1.165) is 11.1 Å². The fourth-order valence-electron chi connectivity index (χ4n) is 2.33. The molecule has 0 aromatic heterocycles. The Labute approximate surface area is 136 Å². The Kier molecular flexibility index (Phi) is 5.18. The van der Waals surface area contributed by atoms with E-state index in [1.165, 1.54) is 29.8 Å². The number of primary amides is 1. The van der Waals surface area contributed by atoms with Crippen molar-refractivity contribution in [3.05, 3.63) is 64.7 Å². The van der Waals surface area contributed by atoms with E-state index in [1.54, 1.807) is 0 Å². The van der Waals surface area contributed by atoms with Gasteiger partial charge in [0.1, 0.15) is 0 Å². The maximum Gasteiger partial charge on any atom is 0.248 e. The van der Waals surface area contributed by atoms with Crippen molar-refractivity contribution in [2.75, 3.05) is 6.54 Å². The van der Waals surface area contributed by atoms with E-state index in [-0.39, 0.29) is 10.5 Å². The van der Waals surface area contributed by atoms with Gasteiger partial charge in [-0.05, 0) is 55.7 Å². The van der Waals surface area contributed by atoms with Crippen molar-refractivity contribution < 1.29 is 13.2 Å². The Bertz CT molecular complexity index is 812. The van der Waals surface area contributed by atoms with Gasteiger partial charge < -0.3 is 5.73 Å². The summed E-state index contributed by atoms with van der Waals surface area (Å²) in [5, 5.41) is 0. The molecule has 23 heavy (non-hydrogen) atoms. The lowest BCUT2D eigenvalue weighted by Gasteiger charge is -2.09. The van der Waals surface area contributed by atoms with Crippen LogP contribution in [0.1, 0.15) is 27.0 Å². The highest BCUT2D eigenvalue weighted by molar-refractivity contribution is 7.89. The van der Waals surface area contributed by atoms with Crippen molar-refractivity contribution in [3.63, 3.8) is 0 Å². The van der Waals surface area contributed by atoms with Crippen LogP contribution in [0, 0.1) is 13.8 Å². The highest BCUT2D eigenvalue weighted by Gasteiger charge is 2.14. The quantitative estimate of drug-likeness (QED) is 0.847. The van der Waals surface area contributed by atoms with Gasteiger partial charge in [0, 0.05) is 12.1 Å². The Hall–Kier alpha value is -2.18. The van der Waals surface area contributed by atoms with E-state index in [2.05, 4.69) is 10.8 Å². The maximum absolute atomic E-state index is 12.2. The highest BCUT2D eigenvalue weighted by atomic mass is 32.2. The van der Waals surface area contributed by atoms with Gasteiger partial charge in [0.2, 0.25) is 15.9 Å². The Morgan fingerprint density at radius 1 is 1.09 bits per heavy atom. The molecule has 0 bridgehead atoms. The highest BCUT2D eigenvalue weighted by Crippen LogP contribution is 2.13. The van der Waals surface area contributed by atoms with Gasteiger partial charge in [-0.15, -0.1) is 0 Å². The van der Waals surface area contributed by atoms with Crippen molar-refractivity contribution in [2.45, 2.75) is 25.2 Å². The molecule has 0 radical (unpaired) electrons. The molecule has 6 heteroatoms. The number of nitrogens with one attached hydrogen (secondary N) is 1. The van der Waals surface area contributed by atoms with Gasteiger partial charge >= 0.3 is 0 Å². The molecule has 0 saturated carbocycles. The average Bonchev–Trinajstić information content (AvgIpc) is 2.49. The normalized spacial score (nSPS) is 11.4. The molecule has 0 saturated heterocycles. The van der Waals surface area contributed by atoms with Crippen molar-refractivity contribution in [1.82, 2.24) is 4.72 Å². The van der Waals surface area contributed by atoms with Crippen LogP contribution in [0.5, 0.6) is 0 Å². The molecule has 0 unspecified atom stereocenters. The second kappa shape index (κ2) is 6.93. The largest absolute Gasteiger partial charge is 0.366 e. The first kappa shape index (κ1) is 17.2. The van der Waals surface area contributed by atoms with E-state index in [9.17, 15) is 13.2 Å². The number of rotatable bonds is 6. The van der Waals surface area contributed by atoms with Crippen LogP contribution < -0.4 is 10.5 Å². The van der Waals surface area contributed by atoms with Gasteiger partial charge in [0.05, 0.1) is 4.90 Å². The van der Waals surface area contributed by atoms with Crippen LogP contribution in [0.25, 0.3) is 0 Å². The van der Waals surface area contributed by atoms with Crippen molar-refractivity contribution in [2.24, 2.45) is 5.73 Å². The van der Waals surface area contributed by atoms with Crippen LogP contribution >= 0.6 is 0 Å². The van der Waals surface area contributed by atoms with E-state index in [4.69, 9.17) is 5.73 Å². The standard InChI is InChI=1S/C17H20N2O3S/c1-12-3-4-14(13(2)11-12)9-10-19-23(21,22)16-7-5-15(6-8-16)17(18)20/h3-8,11,19H,9-10H2,1-2H3,(H2,18,20). The number of nitrogens with two attached hydrogens (primary N) is 1. The SMILES string of the molecule is Cc1ccc(CCNS(=O)(=O)c2ccc(C(N)=O)cc2)c(C)c1. The lowest BCUT2D eigenvalue weighted by atomic mass is 10.0. The number of hydrogen-bond donors (Lipinski definition) is 2. The Morgan fingerprint density at radius 3 is 2.30 bits per heavy atom. The third-order valence-electron chi connectivity index (χ3n) is 3.63. The molecule has 0 atom stereocenters. The topological polar surface area (TPSA) is 89.3 Å². The van der Waals surface area contributed by atoms with Crippen LogP contribution in [0.4, 0.5) is 0 Å². The molecule has 0 aliphatic rings. The number of carbonyl (C=O) groups is 1. The van der Waals surface area contributed by atoms with Gasteiger partial charge in [-0.25, -0.2) is 13.1 Å². The summed E-state index contributed by atoms with van der Waals surface area (Å²) in [7, 11) is -3.60. The van der Waals surface area contributed by atoms with E-state index in [0.29, 0.717) is 13.0 Å². The minimum Gasteiger partial charge on any atom is -0.366 e. The molecule has 2 rings (SSSR count). The van der Waals surface area contributed by atoms with Gasteiger partial charge in [0.15, 0.2) is 0 Å². The molecular weight excluding hydrogens is 312 g/mol. The zero-order valence-corrected chi connectivity index (χ0v) is 14.0. The van der Waals surface area contributed by atoms with Gasteiger partial charge in [-0.3, -0.25) is 4.79 Å². The molecule has 0 heterocycles. The van der Waals surface area contributed by atoms with Crippen molar-refractivity contribution in [3.8, 4) is 0 Å². The minimum atomic E-state index is -3.60. The number of aryl methyl sites for hydroxylation is 2. The summed E-state index contributed by atoms with van der Waals surface area (Å²) in [5.41, 5.74) is 8.86. The van der Waals surface area contributed by atoms with Crippen LogP contribution in [-0.2, 0) is 16.4 Å². The van der Waals surface area contributed by atoms with Gasteiger partial charge in [-0.1, -0.05) is 23.8 Å². The molecule has 0 aliphatic carbocycles. The summed E-state index contributed by atoms with van der Waals surface area (Å²) in [6, 6.07) is 11.7. The fourth-order valence-corrected chi connectivity index (χ4v) is 3.36. The van der Waals surface area contributed by atoms with Crippen LogP contribution in [-0.4, -0.2) is 20.9 Å². The number of amides is 1. The van der Waals surface area contributed by atoms with Crippen LogP contribution in [0.15, 0.2) is 47.4 Å². The van der Waals surface area contributed by atoms with E-state index < -0.39 is 15.9 Å². The number of hydrogen-bond acceptors (Lipinski definition) is 3. The van der Waals surface area contributed by atoms with Gasteiger partial charge in [-0.2, -0.15) is 0 Å². The van der Waals surface area contributed by atoms with Crippen LogP contribution in [0.3, 0.4) is 0 Å². The molecule has 0 fully saturated rings. The van der Waals surface area contributed by atoms with Crippen LogP contribution in [0.2, 0.25) is 0 Å². The predicted octanol–water partition coefficient (Wildman–Crippen LogP) is 1.92. The Balaban J connectivity index is 2.02. The summed E-state index contributed by atoms with van der Waals surface area (Å²) in [5.74, 6) is -0.586. The van der Waals surface area contributed by atoms with Gasteiger partial charge in [0.25, 0.3) is 0 Å². The van der Waals surface area contributed by atoms with Crippen molar-refractivity contribution >= 4 is 15.9 Å². The Morgan fingerprint density at radius 2 is 1.74 bits per heavy atom. The average molecular weight is 332 g/mol. The summed E-state index contributed by atoms with van der Waals surface area (Å²) in [4.78, 5) is 11.1. The summed E-state index contributed by atoms with van der Waals surface area (Å²) >= 11 is 0. The molecule has 0 aliphatic heterocycles. The minimum absolute atomic E-state index is 0.114. The molecule has 0 spiro atoms.